The third-order valence-corrected chi connectivity index (χ3v) is 2.50. The number of benzene rings is 1. The number of hydrogen-bond acceptors (Lipinski definition) is 2. The Balaban J connectivity index is 3.49. The van der Waals surface area contributed by atoms with Crippen molar-refractivity contribution in [3.05, 3.63) is 28.8 Å². The summed E-state index contributed by atoms with van der Waals surface area (Å²) in [4.78, 5) is 0. The molecular weight excluding hydrogens is 267 g/mol. The van der Waals surface area contributed by atoms with Gasteiger partial charge in [0.2, 0.25) is 5.60 Å². The van der Waals surface area contributed by atoms with Crippen molar-refractivity contribution in [2.75, 3.05) is 5.73 Å². The van der Waals surface area contributed by atoms with Crippen LogP contribution in [0.4, 0.5) is 18.9 Å². The number of halogens is 4. The Morgan fingerprint density at radius 3 is 2.50 bits per heavy atom. The van der Waals surface area contributed by atoms with Crippen molar-refractivity contribution in [3.8, 4) is 11.8 Å². The molecule has 0 spiro atoms. The zero-order valence-electron chi connectivity index (χ0n) is 9.48. The molecule has 6 heteroatoms. The van der Waals surface area contributed by atoms with E-state index in [1.165, 1.54) is 12.1 Å². The Morgan fingerprint density at radius 1 is 1.39 bits per heavy atom. The number of nitrogen functional groups attached to an aromatic ring is 1. The normalized spacial score (nSPS) is 14.6. The number of nitrogens with two attached hydrogens (primary N) is 1. The van der Waals surface area contributed by atoms with E-state index in [1.54, 1.807) is 6.92 Å². The van der Waals surface area contributed by atoms with Crippen LogP contribution in [0, 0.1) is 11.8 Å². The van der Waals surface area contributed by atoms with Crippen LogP contribution in [0.3, 0.4) is 0 Å². The molecule has 0 aliphatic heterocycles. The highest BCUT2D eigenvalue weighted by Gasteiger charge is 2.55. The molecule has 0 aliphatic rings. The smallest absolute Gasteiger partial charge is 0.398 e. The second-order valence-electron chi connectivity index (χ2n) is 3.60. The Bertz CT molecular complexity index is 504. The van der Waals surface area contributed by atoms with Crippen molar-refractivity contribution in [2.24, 2.45) is 0 Å². The first-order valence-corrected chi connectivity index (χ1v) is 5.44. The van der Waals surface area contributed by atoms with Crippen molar-refractivity contribution < 1.29 is 18.3 Å². The van der Waals surface area contributed by atoms with Crippen LogP contribution < -0.4 is 5.73 Å². The van der Waals surface area contributed by atoms with Crippen molar-refractivity contribution in [2.45, 2.75) is 25.1 Å². The third kappa shape index (κ3) is 2.71. The lowest BCUT2D eigenvalue weighted by molar-refractivity contribution is -0.240. The average molecular weight is 278 g/mol. The number of hydrogen-bond donors (Lipinski definition) is 2. The molecule has 0 aliphatic carbocycles. The van der Waals surface area contributed by atoms with Crippen LogP contribution in [0.5, 0.6) is 0 Å². The van der Waals surface area contributed by atoms with Gasteiger partial charge in [0, 0.05) is 22.7 Å². The molecule has 0 heterocycles. The SMILES string of the molecule is CCC#CC(O)(c1cc(Cl)ccc1N)C(F)(F)F. The molecule has 0 saturated carbocycles. The Morgan fingerprint density at radius 2 is 2.00 bits per heavy atom. The first-order chi connectivity index (χ1) is 8.22. The quantitative estimate of drug-likeness (QED) is 0.612. The molecule has 0 aromatic heterocycles. The summed E-state index contributed by atoms with van der Waals surface area (Å²) in [7, 11) is 0. The third-order valence-electron chi connectivity index (χ3n) is 2.26. The Kier molecular flexibility index (Phi) is 4.15. The topological polar surface area (TPSA) is 46.2 Å². The van der Waals surface area contributed by atoms with Crippen LogP contribution >= 0.6 is 11.6 Å². The van der Waals surface area contributed by atoms with Crippen molar-refractivity contribution in [1.29, 1.82) is 0 Å². The van der Waals surface area contributed by atoms with E-state index in [-0.39, 0.29) is 17.1 Å². The van der Waals surface area contributed by atoms with E-state index in [0.717, 1.165) is 6.07 Å². The van der Waals surface area contributed by atoms with E-state index in [2.05, 4.69) is 5.92 Å². The number of alkyl halides is 3. The van der Waals surface area contributed by atoms with Gasteiger partial charge in [0.25, 0.3) is 0 Å². The minimum absolute atomic E-state index is 0.0418. The predicted octanol–water partition coefficient (Wildman–Crippen LogP) is 3.09. The predicted molar refractivity (Wildman–Crippen MR) is 63.9 cm³/mol. The van der Waals surface area contributed by atoms with Gasteiger partial charge in [0.1, 0.15) is 0 Å². The second-order valence-corrected chi connectivity index (χ2v) is 4.03. The maximum Gasteiger partial charge on any atom is 0.433 e. The maximum absolute atomic E-state index is 13.0. The van der Waals surface area contributed by atoms with Crippen LogP contribution in [0.1, 0.15) is 18.9 Å². The van der Waals surface area contributed by atoms with Crippen molar-refractivity contribution in [1.82, 2.24) is 0 Å². The molecule has 1 rings (SSSR count). The minimum atomic E-state index is -4.96. The molecule has 3 N–H and O–H groups in total. The monoisotopic (exact) mass is 277 g/mol. The van der Waals surface area contributed by atoms with Gasteiger partial charge < -0.3 is 10.8 Å². The highest BCUT2D eigenvalue weighted by Crippen LogP contribution is 2.41. The van der Waals surface area contributed by atoms with Crippen LogP contribution in [0.25, 0.3) is 0 Å². The van der Waals surface area contributed by atoms with Crippen LogP contribution in [-0.4, -0.2) is 11.3 Å². The standard InChI is InChI=1S/C12H11ClF3NO/c1-2-3-6-11(18,12(14,15)16)9-7-8(13)4-5-10(9)17/h4-5,7,18H,2,17H2,1H3. The number of rotatable bonds is 1. The molecule has 1 aromatic carbocycles. The highest BCUT2D eigenvalue weighted by atomic mass is 35.5. The van der Waals surface area contributed by atoms with E-state index in [4.69, 9.17) is 17.3 Å². The first kappa shape index (κ1) is 14.7. The Labute approximate surface area is 108 Å². The summed E-state index contributed by atoms with van der Waals surface area (Å²) in [6, 6.07) is 3.50. The van der Waals surface area contributed by atoms with Gasteiger partial charge in [0.15, 0.2) is 0 Å². The van der Waals surface area contributed by atoms with Crippen molar-refractivity contribution in [3.63, 3.8) is 0 Å². The fraction of sp³-hybridized carbons (Fsp3) is 0.333. The van der Waals surface area contributed by atoms with Gasteiger partial charge in [-0.3, -0.25) is 0 Å². The summed E-state index contributed by atoms with van der Waals surface area (Å²) in [6.45, 7) is 1.57. The first-order valence-electron chi connectivity index (χ1n) is 5.07. The second kappa shape index (κ2) is 5.09. The van der Waals surface area contributed by atoms with E-state index in [9.17, 15) is 18.3 Å². The summed E-state index contributed by atoms with van der Waals surface area (Å²) in [5, 5.41) is 9.86. The van der Waals surface area contributed by atoms with Gasteiger partial charge in [-0.15, -0.1) is 0 Å². The van der Waals surface area contributed by atoms with Crippen LogP contribution in [0.2, 0.25) is 5.02 Å². The zero-order chi connectivity index (χ0) is 14.0. The maximum atomic E-state index is 13.0. The molecule has 0 bridgehead atoms. The summed E-state index contributed by atoms with van der Waals surface area (Å²) in [5.74, 6) is 4.03. The average Bonchev–Trinajstić information content (AvgIpc) is 2.27. The van der Waals surface area contributed by atoms with E-state index >= 15 is 0 Å². The molecule has 0 radical (unpaired) electrons. The van der Waals surface area contributed by atoms with Gasteiger partial charge in [0.05, 0.1) is 0 Å². The fourth-order valence-electron chi connectivity index (χ4n) is 1.35. The lowest BCUT2D eigenvalue weighted by atomic mass is 9.92. The van der Waals surface area contributed by atoms with E-state index in [0.29, 0.717) is 0 Å². The van der Waals surface area contributed by atoms with E-state index < -0.39 is 17.3 Å². The largest absolute Gasteiger partial charge is 0.433 e. The minimum Gasteiger partial charge on any atom is -0.398 e. The molecule has 1 aromatic rings. The zero-order valence-corrected chi connectivity index (χ0v) is 10.2. The van der Waals surface area contributed by atoms with Gasteiger partial charge in [-0.1, -0.05) is 30.4 Å². The van der Waals surface area contributed by atoms with Crippen LogP contribution in [0.15, 0.2) is 18.2 Å². The molecule has 0 amide bonds. The molecule has 1 unspecified atom stereocenters. The summed E-state index contributed by atoms with van der Waals surface area (Å²) in [6.07, 6.45) is -4.78. The molecular formula is C12H11ClF3NO. The van der Waals surface area contributed by atoms with Gasteiger partial charge in [-0.25, -0.2) is 0 Å². The molecule has 18 heavy (non-hydrogen) atoms. The summed E-state index contributed by atoms with van der Waals surface area (Å²) in [5.41, 5.74) is 1.38. The summed E-state index contributed by atoms with van der Waals surface area (Å²) >= 11 is 5.62. The molecule has 2 nitrogen and oxygen atoms in total. The molecule has 0 saturated heterocycles. The lowest BCUT2D eigenvalue weighted by Gasteiger charge is -2.27. The number of aliphatic hydroxyl groups is 1. The molecule has 1 atom stereocenters. The Hall–Kier alpha value is -1.38. The van der Waals surface area contributed by atoms with Crippen molar-refractivity contribution >= 4 is 17.3 Å². The summed E-state index contributed by atoms with van der Waals surface area (Å²) < 4.78 is 38.9. The van der Waals surface area contributed by atoms with Gasteiger partial charge >= 0.3 is 6.18 Å². The van der Waals surface area contributed by atoms with Gasteiger partial charge in [-0.05, 0) is 18.2 Å². The molecule has 0 fully saturated rings. The number of anilines is 1. The van der Waals surface area contributed by atoms with E-state index in [1.807, 2.05) is 5.92 Å². The highest BCUT2D eigenvalue weighted by molar-refractivity contribution is 6.30. The van der Waals surface area contributed by atoms with Gasteiger partial charge in [-0.2, -0.15) is 13.2 Å². The fourth-order valence-corrected chi connectivity index (χ4v) is 1.52. The van der Waals surface area contributed by atoms with Crippen LogP contribution in [-0.2, 0) is 5.60 Å². The lowest BCUT2D eigenvalue weighted by Crippen LogP contribution is -2.41. The molecule has 98 valence electrons.